The predicted octanol–water partition coefficient (Wildman–Crippen LogP) is 3.12. The van der Waals surface area contributed by atoms with Gasteiger partial charge in [0.25, 0.3) is 0 Å². The van der Waals surface area contributed by atoms with Crippen LogP contribution < -0.4 is 0 Å². The summed E-state index contributed by atoms with van der Waals surface area (Å²) in [6.45, 7) is 7.85. The Morgan fingerprint density at radius 3 is 1.36 bits per heavy atom. The second-order valence-corrected chi connectivity index (χ2v) is 7.02. The highest BCUT2D eigenvalue weighted by atomic mass is 16.8. The van der Waals surface area contributed by atoms with Crippen molar-refractivity contribution in [3.63, 3.8) is 0 Å². The van der Waals surface area contributed by atoms with Crippen molar-refractivity contribution in [2.45, 2.75) is 104 Å². The summed E-state index contributed by atoms with van der Waals surface area (Å²) in [4.78, 5) is 34.6. The Hall–Kier alpha value is -1.22. The third-order valence-corrected chi connectivity index (χ3v) is 4.08. The number of unbranched alkanes of at least 4 members (excludes halogenated alkanes) is 5. The largest absolute Gasteiger partial charge is 0.366 e. The summed E-state index contributed by atoms with van der Waals surface area (Å²) in [6, 6.07) is 0. The van der Waals surface area contributed by atoms with Gasteiger partial charge in [0.15, 0.2) is 12.6 Å². The molecule has 2 N–H and O–H groups in total. The van der Waals surface area contributed by atoms with Gasteiger partial charge in [0.2, 0.25) is 11.8 Å². The van der Waals surface area contributed by atoms with E-state index in [1.807, 2.05) is 13.8 Å². The average molecular weight is 405 g/mol. The Bertz CT molecular complexity index is 380. The van der Waals surface area contributed by atoms with Crippen LogP contribution in [-0.2, 0) is 19.3 Å². The van der Waals surface area contributed by atoms with Crippen LogP contribution in [0, 0.1) is 0 Å². The highest BCUT2D eigenvalue weighted by Crippen LogP contribution is 2.10. The Morgan fingerprint density at radius 1 is 0.714 bits per heavy atom. The van der Waals surface area contributed by atoms with Crippen molar-refractivity contribution < 1.29 is 29.5 Å². The van der Waals surface area contributed by atoms with Gasteiger partial charge in [-0.05, 0) is 39.5 Å². The van der Waals surface area contributed by atoms with E-state index >= 15 is 0 Å². The Morgan fingerprint density at radius 2 is 1.07 bits per heavy atom. The molecule has 0 aliphatic rings. The summed E-state index contributed by atoms with van der Waals surface area (Å²) in [5, 5.41) is 21.3. The minimum absolute atomic E-state index is 0.110. The molecule has 8 heteroatoms. The first-order valence-electron chi connectivity index (χ1n) is 10.6. The van der Waals surface area contributed by atoms with E-state index in [1.54, 1.807) is 0 Å². The molecule has 0 aromatic rings. The lowest BCUT2D eigenvalue weighted by molar-refractivity contribution is -0.250. The molecular formula is C20H40N2O6. The van der Waals surface area contributed by atoms with Gasteiger partial charge in [0.1, 0.15) is 0 Å². The molecule has 0 heterocycles. The van der Waals surface area contributed by atoms with E-state index in [0.717, 1.165) is 51.4 Å². The second-order valence-electron chi connectivity index (χ2n) is 7.02. The van der Waals surface area contributed by atoms with Crippen molar-refractivity contribution >= 4 is 11.8 Å². The maximum absolute atomic E-state index is 12.1. The Balaban J connectivity index is 4.23. The van der Waals surface area contributed by atoms with Crippen molar-refractivity contribution in [1.82, 2.24) is 10.1 Å². The summed E-state index contributed by atoms with van der Waals surface area (Å²) in [6.07, 6.45) is 5.41. The molecule has 0 saturated heterocycles. The van der Waals surface area contributed by atoms with Crippen molar-refractivity contribution in [3.05, 3.63) is 0 Å². The van der Waals surface area contributed by atoms with E-state index in [4.69, 9.17) is 9.68 Å². The number of carbonyl (C=O) groups is 2. The number of hydrogen-bond donors (Lipinski definition) is 2. The van der Waals surface area contributed by atoms with Crippen molar-refractivity contribution in [1.29, 1.82) is 0 Å². The Labute approximate surface area is 169 Å². The number of aliphatic hydroxyl groups excluding tert-OH is 2. The van der Waals surface area contributed by atoms with Crippen molar-refractivity contribution in [2.24, 2.45) is 0 Å². The lowest BCUT2D eigenvalue weighted by atomic mass is 10.2. The summed E-state index contributed by atoms with van der Waals surface area (Å²) in [5.74, 6) is -0.221. The molecule has 8 nitrogen and oxygen atoms in total. The molecule has 0 aromatic carbocycles. The van der Waals surface area contributed by atoms with Gasteiger partial charge in [-0.3, -0.25) is 9.59 Å². The molecule has 0 aliphatic carbocycles. The minimum atomic E-state index is -1.02. The minimum Gasteiger partial charge on any atom is -0.366 e. The quantitative estimate of drug-likeness (QED) is 0.219. The predicted molar refractivity (Wildman–Crippen MR) is 106 cm³/mol. The maximum Gasteiger partial charge on any atom is 0.246 e. The van der Waals surface area contributed by atoms with Crippen LogP contribution in [-0.4, -0.2) is 57.8 Å². The lowest BCUT2D eigenvalue weighted by Crippen LogP contribution is -2.35. The number of hydroxylamine groups is 4. The van der Waals surface area contributed by atoms with Crippen LogP contribution >= 0.6 is 0 Å². The van der Waals surface area contributed by atoms with Crippen LogP contribution in [0.3, 0.4) is 0 Å². The van der Waals surface area contributed by atoms with E-state index in [2.05, 4.69) is 0 Å². The highest BCUT2D eigenvalue weighted by Gasteiger charge is 2.17. The number of carbonyl (C=O) groups excluding carboxylic acids is 2. The fraction of sp³-hybridized carbons (Fsp3) is 0.900. The summed E-state index contributed by atoms with van der Waals surface area (Å²) >= 11 is 0. The van der Waals surface area contributed by atoms with E-state index in [-0.39, 0.29) is 11.8 Å². The van der Waals surface area contributed by atoms with Crippen LogP contribution in [0.15, 0.2) is 0 Å². The number of amides is 2. The normalized spacial score (nSPS) is 13.2. The van der Waals surface area contributed by atoms with Crippen LogP contribution in [0.1, 0.15) is 91.9 Å². The summed E-state index contributed by atoms with van der Waals surface area (Å²) in [7, 11) is 0. The molecule has 0 aromatic heterocycles. The molecule has 0 spiro atoms. The van der Waals surface area contributed by atoms with Gasteiger partial charge in [0.05, 0.1) is 0 Å². The van der Waals surface area contributed by atoms with E-state index in [9.17, 15) is 19.8 Å². The molecule has 2 atom stereocenters. The molecule has 166 valence electrons. The van der Waals surface area contributed by atoms with Crippen molar-refractivity contribution in [2.75, 3.05) is 13.1 Å². The molecule has 0 bridgehead atoms. The fourth-order valence-electron chi connectivity index (χ4n) is 2.61. The Kier molecular flexibility index (Phi) is 16.0. The lowest BCUT2D eigenvalue weighted by Gasteiger charge is -2.24. The average Bonchev–Trinajstić information content (AvgIpc) is 2.64. The first kappa shape index (κ1) is 26.8. The molecule has 2 unspecified atom stereocenters. The van der Waals surface area contributed by atoms with E-state index in [0.29, 0.717) is 25.9 Å². The molecule has 0 aliphatic heterocycles. The summed E-state index contributed by atoms with van der Waals surface area (Å²) in [5.41, 5.74) is 0. The topological polar surface area (TPSA) is 99.5 Å². The molecule has 2 amide bonds. The van der Waals surface area contributed by atoms with Crippen LogP contribution in [0.4, 0.5) is 0 Å². The third kappa shape index (κ3) is 13.9. The smallest absolute Gasteiger partial charge is 0.246 e. The van der Waals surface area contributed by atoms with Gasteiger partial charge in [-0.2, -0.15) is 0 Å². The van der Waals surface area contributed by atoms with E-state index in [1.165, 1.54) is 24.0 Å². The molecule has 0 fully saturated rings. The highest BCUT2D eigenvalue weighted by molar-refractivity contribution is 5.75. The molecular weight excluding hydrogens is 364 g/mol. The maximum atomic E-state index is 12.1. The number of nitrogens with zero attached hydrogens (tertiary/aromatic N) is 2. The van der Waals surface area contributed by atoms with Gasteiger partial charge in [-0.25, -0.2) is 19.8 Å². The summed E-state index contributed by atoms with van der Waals surface area (Å²) < 4.78 is 0. The zero-order valence-electron chi connectivity index (χ0n) is 18.1. The van der Waals surface area contributed by atoms with Gasteiger partial charge < -0.3 is 10.2 Å². The molecule has 28 heavy (non-hydrogen) atoms. The van der Waals surface area contributed by atoms with Gasteiger partial charge >= 0.3 is 0 Å². The first-order valence-corrected chi connectivity index (χ1v) is 10.6. The molecule has 0 saturated carbocycles. The van der Waals surface area contributed by atoms with Gasteiger partial charge in [0, 0.05) is 25.9 Å². The first-order chi connectivity index (χ1) is 13.3. The van der Waals surface area contributed by atoms with E-state index < -0.39 is 12.6 Å². The monoisotopic (exact) mass is 404 g/mol. The van der Waals surface area contributed by atoms with Crippen LogP contribution in [0.2, 0.25) is 0 Å². The third-order valence-electron chi connectivity index (χ3n) is 4.08. The number of hydrogen-bond acceptors (Lipinski definition) is 6. The van der Waals surface area contributed by atoms with Gasteiger partial charge in [-0.15, -0.1) is 0 Å². The fourth-order valence-corrected chi connectivity index (χ4v) is 2.61. The van der Waals surface area contributed by atoms with Crippen LogP contribution in [0.5, 0.6) is 0 Å². The zero-order valence-corrected chi connectivity index (χ0v) is 18.1. The SMILES string of the molecule is CCCCC(=O)N(CCCCCCN(OC(C)O)C(=O)CCCC)OC(C)O. The van der Waals surface area contributed by atoms with Gasteiger partial charge in [-0.1, -0.05) is 39.5 Å². The van der Waals surface area contributed by atoms with Crippen LogP contribution in [0.25, 0.3) is 0 Å². The number of aliphatic hydroxyl groups is 2. The number of rotatable bonds is 17. The standard InChI is InChI=1S/C20H40N2O6/c1-5-7-13-19(25)21(27-17(3)23)15-11-9-10-12-16-22(28-18(4)24)20(26)14-8-6-2/h17-18,23-24H,5-16H2,1-4H3. The van der Waals surface area contributed by atoms with Crippen molar-refractivity contribution in [3.8, 4) is 0 Å². The second kappa shape index (κ2) is 16.7. The molecule has 0 rings (SSSR count). The molecule has 0 radical (unpaired) electrons. The zero-order chi connectivity index (χ0) is 21.4.